The molecule has 2 fully saturated rings. The van der Waals surface area contributed by atoms with Crippen LogP contribution in [0.25, 0.3) is 0 Å². The molecule has 2 bridgehead atoms. The molecule has 1 amide bonds. The number of ether oxygens (including phenoxy) is 1. The van der Waals surface area contributed by atoms with Gasteiger partial charge in [-0.2, -0.15) is 0 Å². The van der Waals surface area contributed by atoms with Crippen LogP contribution < -0.4 is 14.4 Å². The highest BCUT2D eigenvalue weighted by atomic mass is 35.5. The van der Waals surface area contributed by atoms with Crippen molar-refractivity contribution in [3.05, 3.63) is 53.6 Å². The molecule has 2 aromatic rings. The van der Waals surface area contributed by atoms with Gasteiger partial charge in [-0.15, -0.1) is 0 Å². The third kappa shape index (κ3) is 4.14. The average molecular weight is 449 g/mol. The zero-order chi connectivity index (χ0) is 21.3. The molecule has 0 heterocycles. The van der Waals surface area contributed by atoms with Crippen LogP contribution in [-0.2, 0) is 14.8 Å². The third-order valence-electron chi connectivity index (χ3n) is 6.13. The lowest BCUT2D eigenvalue weighted by Crippen LogP contribution is -2.46. The van der Waals surface area contributed by atoms with E-state index in [9.17, 15) is 13.2 Å². The number of hydrogen-bond donors (Lipinski definition) is 1. The molecule has 2 aliphatic rings. The molecule has 0 saturated heterocycles. The van der Waals surface area contributed by atoms with Gasteiger partial charge in [0.1, 0.15) is 12.3 Å². The molecule has 8 heteroatoms. The number of halogens is 1. The highest BCUT2D eigenvalue weighted by Crippen LogP contribution is 2.44. The largest absolute Gasteiger partial charge is 0.495 e. The lowest BCUT2D eigenvalue weighted by atomic mass is 9.95. The van der Waals surface area contributed by atoms with Crippen molar-refractivity contribution in [2.24, 2.45) is 11.8 Å². The van der Waals surface area contributed by atoms with Gasteiger partial charge in [0.25, 0.3) is 10.0 Å². The summed E-state index contributed by atoms with van der Waals surface area (Å²) in [7, 11) is -2.47. The van der Waals surface area contributed by atoms with Crippen LogP contribution in [0.1, 0.15) is 25.7 Å². The first kappa shape index (κ1) is 21.0. The molecular formula is C22H25ClN2O4S. The second-order valence-corrected chi connectivity index (χ2v) is 10.3. The van der Waals surface area contributed by atoms with Gasteiger partial charge >= 0.3 is 0 Å². The fourth-order valence-corrected chi connectivity index (χ4v) is 6.34. The Kier molecular flexibility index (Phi) is 5.93. The maximum atomic E-state index is 13.4. The molecule has 3 atom stereocenters. The van der Waals surface area contributed by atoms with E-state index in [-0.39, 0.29) is 28.4 Å². The van der Waals surface area contributed by atoms with Crippen LogP contribution in [0, 0.1) is 11.8 Å². The van der Waals surface area contributed by atoms with Gasteiger partial charge in [-0.25, -0.2) is 8.42 Å². The van der Waals surface area contributed by atoms with Crippen LogP contribution >= 0.6 is 11.6 Å². The second kappa shape index (κ2) is 8.47. The van der Waals surface area contributed by atoms with Crippen molar-refractivity contribution in [1.29, 1.82) is 0 Å². The Bertz CT molecular complexity index is 1030. The number of nitrogens with one attached hydrogen (secondary N) is 1. The Morgan fingerprint density at radius 1 is 1.17 bits per heavy atom. The van der Waals surface area contributed by atoms with Crippen molar-refractivity contribution < 1.29 is 17.9 Å². The standard InChI is InChI=1S/C22H25ClN2O4S/c1-29-21-10-9-17(13-19(21)23)25(30(27,28)18-5-3-2-4-6-18)14-22(26)24-20-12-15-7-8-16(20)11-15/h2-6,9-10,13,15-16,20H,7-8,11-12,14H2,1H3,(H,24,26)/t15-,16-,20-/m1/s1. The van der Waals surface area contributed by atoms with Gasteiger partial charge in [-0.3, -0.25) is 9.10 Å². The fourth-order valence-electron chi connectivity index (χ4n) is 4.65. The highest BCUT2D eigenvalue weighted by Gasteiger charge is 2.40. The van der Waals surface area contributed by atoms with Gasteiger partial charge < -0.3 is 10.1 Å². The Labute approximate surface area is 182 Å². The Hall–Kier alpha value is -2.25. The number of hydrogen-bond acceptors (Lipinski definition) is 4. The summed E-state index contributed by atoms with van der Waals surface area (Å²) in [5.74, 6) is 1.32. The molecule has 6 nitrogen and oxygen atoms in total. The molecule has 2 aliphatic carbocycles. The van der Waals surface area contributed by atoms with Crippen LogP contribution in [-0.4, -0.2) is 34.0 Å². The van der Waals surface area contributed by atoms with Crippen LogP contribution in [0.3, 0.4) is 0 Å². The molecule has 2 saturated carbocycles. The zero-order valence-corrected chi connectivity index (χ0v) is 18.3. The van der Waals surface area contributed by atoms with Crippen LogP contribution in [0.5, 0.6) is 5.75 Å². The summed E-state index contributed by atoms with van der Waals surface area (Å²) < 4.78 is 33.0. The summed E-state index contributed by atoms with van der Waals surface area (Å²) in [4.78, 5) is 13.0. The Morgan fingerprint density at radius 3 is 2.53 bits per heavy atom. The summed E-state index contributed by atoms with van der Waals surface area (Å²) in [5.41, 5.74) is 0.313. The molecule has 0 unspecified atom stereocenters. The van der Waals surface area contributed by atoms with Gasteiger partial charge in [-0.1, -0.05) is 36.2 Å². The van der Waals surface area contributed by atoms with Gasteiger partial charge in [-0.05, 0) is 61.4 Å². The molecule has 4 rings (SSSR count). The molecule has 0 radical (unpaired) electrons. The molecular weight excluding hydrogens is 424 g/mol. The van der Waals surface area contributed by atoms with Crippen LogP contribution in [0.15, 0.2) is 53.4 Å². The normalized spacial score (nSPS) is 22.7. The van der Waals surface area contributed by atoms with Crippen molar-refractivity contribution in [2.45, 2.75) is 36.6 Å². The minimum absolute atomic E-state index is 0.115. The van der Waals surface area contributed by atoms with Crippen molar-refractivity contribution in [3.63, 3.8) is 0 Å². The number of nitrogens with zero attached hydrogens (tertiary/aromatic N) is 1. The van der Waals surface area contributed by atoms with Crippen molar-refractivity contribution >= 4 is 33.2 Å². The Morgan fingerprint density at radius 2 is 1.93 bits per heavy atom. The first-order valence-electron chi connectivity index (χ1n) is 10.1. The van der Waals surface area contributed by atoms with E-state index in [1.807, 2.05) is 0 Å². The maximum absolute atomic E-state index is 13.4. The zero-order valence-electron chi connectivity index (χ0n) is 16.8. The minimum atomic E-state index is -3.96. The summed E-state index contributed by atoms with van der Waals surface area (Å²) in [5, 5.41) is 3.34. The Balaban J connectivity index is 1.61. The minimum Gasteiger partial charge on any atom is -0.495 e. The first-order valence-corrected chi connectivity index (χ1v) is 11.9. The number of methoxy groups -OCH3 is 1. The average Bonchev–Trinajstić information content (AvgIpc) is 3.36. The summed E-state index contributed by atoms with van der Waals surface area (Å²) in [6, 6.07) is 12.9. The van der Waals surface area contributed by atoms with E-state index >= 15 is 0 Å². The van der Waals surface area contributed by atoms with Gasteiger partial charge in [0.05, 0.1) is 22.7 Å². The van der Waals surface area contributed by atoms with E-state index in [0.717, 1.165) is 23.6 Å². The quantitative estimate of drug-likeness (QED) is 0.698. The summed E-state index contributed by atoms with van der Waals surface area (Å²) >= 11 is 6.24. The number of sulfonamides is 1. The molecule has 2 aromatic carbocycles. The fraction of sp³-hybridized carbons (Fsp3) is 0.409. The molecule has 0 aromatic heterocycles. The SMILES string of the molecule is COc1ccc(N(CC(=O)N[C@@H]2C[C@@H]3CC[C@@H]2C3)S(=O)(=O)c2ccccc2)cc1Cl. The maximum Gasteiger partial charge on any atom is 0.264 e. The van der Waals surface area contributed by atoms with Crippen molar-refractivity contribution in [2.75, 3.05) is 18.0 Å². The van der Waals surface area contributed by atoms with Gasteiger partial charge in [0.2, 0.25) is 5.91 Å². The topological polar surface area (TPSA) is 75.7 Å². The monoisotopic (exact) mass is 448 g/mol. The lowest BCUT2D eigenvalue weighted by molar-refractivity contribution is -0.120. The summed E-state index contributed by atoms with van der Waals surface area (Å²) in [6.45, 7) is -0.312. The van der Waals surface area contributed by atoms with E-state index in [1.54, 1.807) is 30.3 Å². The van der Waals surface area contributed by atoms with E-state index in [4.69, 9.17) is 16.3 Å². The van der Waals surface area contributed by atoms with E-state index in [2.05, 4.69) is 5.32 Å². The van der Waals surface area contributed by atoms with Crippen LogP contribution in [0.4, 0.5) is 5.69 Å². The number of carbonyl (C=O) groups is 1. The summed E-state index contributed by atoms with van der Waals surface area (Å²) in [6.07, 6.45) is 4.51. The molecule has 0 spiro atoms. The van der Waals surface area contributed by atoms with Gasteiger partial charge in [0, 0.05) is 6.04 Å². The smallest absolute Gasteiger partial charge is 0.264 e. The second-order valence-electron chi connectivity index (χ2n) is 7.99. The lowest BCUT2D eigenvalue weighted by Gasteiger charge is -2.27. The van der Waals surface area contributed by atoms with E-state index < -0.39 is 10.0 Å². The number of anilines is 1. The third-order valence-corrected chi connectivity index (χ3v) is 8.21. The predicted octanol–water partition coefficient (Wildman–Crippen LogP) is 3.85. The van der Waals surface area contributed by atoms with E-state index in [0.29, 0.717) is 23.3 Å². The van der Waals surface area contributed by atoms with Gasteiger partial charge in [0.15, 0.2) is 0 Å². The number of benzene rings is 2. The first-order chi connectivity index (χ1) is 14.4. The van der Waals surface area contributed by atoms with Crippen molar-refractivity contribution in [1.82, 2.24) is 5.32 Å². The molecule has 0 aliphatic heterocycles. The predicted molar refractivity (Wildman–Crippen MR) is 116 cm³/mol. The molecule has 30 heavy (non-hydrogen) atoms. The molecule has 1 N–H and O–H groups in total. The number of carbonyl (C=O) groups excluding carboxylic acids is 1. The van der Waals surface area contributed by atoms with E-state index in [1.165, 1.54) is 31.7 Å². The number of fused-ring (bicyclic) bond motifs is 2. The highest BCUT2D eigenvalue weighted by molar-refractivity contribution is 7.92. The number of rotatable bonds is 7. The molecule has 160 valence electrons. The van der Waals surface area contributed by atoms with Crippen LogP contribution in [0.2, 0.25) is 5.02 Å². The van der Waals surface area contributed by atoms with Crippen molar-refractivity contribution in [3.8, 4) is 5.75 Å². The number of amides is 1.